The second-order valence-electron chi connectivity index (χ2n) is 7.37. The van der Waals surface area contributed by atoms with Crippen LogP contribution < -0.4 is 19.7 Å². The number of hydrogen-bond acceptors (Lipinski definition) is 6. The lowest BCUT2D eigenvalue weighted by molar-refractivity contribution is -0.143. The number of benzene rings is 2. The van der Waals surface area contributed by atoms with Crippen molar-refractivity contribution in [1.82, 2.24) is 10.4 Å². The summed E-state index contributed by atoms with van der Waals surface area (Å²) in [5, 5.41) is 8.84. The third-order valence-electron chi connectivity index (χ3n) is 5.61. The van der Waals surface area contributed by atoms with Crippen molar-refractivity contribution in [3.63, 3.8) is 0 Å². The molecule has 2 aromatic carbocycles. The Morgan fingerprint density at radius 1 is 1.17 bits per heavy atom. The lowest BCUT2D eigenvalue weighted by Crippen LogP contribution is -2.47. The van der Waals surface area contributed by atoms with Gasteiger partial charge in [0.25, 0.3) is 5.91 Å². The second kappa shape index (κ2) is 7.29. The van der Waals surface area contributed by atoms with E-state index in [1.165, 1.54) is 4.90 Å². The van der Waals surface area contributed by atoms with Gasteiger partial charge in [-0.05, 0) is 50.1 Å². The van der Waals surface area contributed by atoms with Gasteiger partial charge in [-0.15, -0.1) is 0 Å². The molecule has 152 valence electrons. The molecule has 0 bridgehead atoms. The van der Waals surface area contributed by atoms with Gasteiger partial charge in [0.2, 0.25) is 12.7 Å². The summed E-state index contributed by atoms with van der Waals surface area (Å²) >= 11 is 0. The lowest BCUT2D eigenvalue weighted by Gasteiger charge is -2.27. The van der Waals surface area contributed by atoms with Crippen LogP contribution in [0.2, 0.25) is 0 Å². The zero-order chi connectivity index (χ0) is 20.6. The van der Waals surface area contributed by atoms with E-state index < -0.39 is 17.4 Å². The van der Waals surface area contributed by atoms with Crippen LogP contribution in [0.3, 0.4) is 0 Å². The molecule has 2 unspecified atom stereocenters. The molecule has 29 heavy (non-hydrogen) atoms. The van der Waals surface area contributed by atoms with Gasteiger partial charge in [-0.25, -0.2) is 5.48 Å². The second-order valence-corrected chi connectivity index (χ2v) is 7.37. The van der Waals surface area contributed by atoms with Crippen LogP contribution in [0.5, 0.6) is 23.0 Å². The first-order valence-electron chi connectivity index (χ1n) is 9.35. The van der Waals surface area contributed by atoms with Gasteiger partial charge in [0.05, 0.1) is 5.41 Å². The third kappa shape index (κ3) is 3.36. The molecule has 0 saturated carbocycles. The molecule has 2 N–H and O–H groups in total. The Morgan fingerprint density at radius 2 is 1.86 bits per heavy atom. The van der Waals surface area contributed by atoms with E-state index in [4.69, 9.17) is 19.4 Å². The maximum Gasteiger partial charge on any atom is 0.265 e. The number of hydroxylamine groups is 1. The summed E-state index contributed by atoms with van der Waals surface area (Å²) in [6.07, 6.45) is 0.581. The Bertz CT molecular complexity index is 945. The van der Waals surface area contributed by atoms with Crippen LogP contribution >= 0.6 is 0 Å². The van der Waals surface area contributed by atoms with E-state index in [-0.39, 0.29) is 12.7 Å². The van der Waals surface area contributed by atoms with E-state index in [1.807, 2.05) is 31.2 Å². The summed E-state index contributed by atoms with van der Waals surface area (Å²) in [4.78, 5) is 26.2. The van der Waals surface area contributed by atoms with E-state index in [9.17, 15) is 9.59 Å². The van der Waals surface area contributed by atoms with Crippen molar-refractivity contribution in [3.05, 3.63) is 48.0 Å². The summed E-state index contributed by atoms with van der Waals surface area (Å²) in [7, 11) is 0. The fourth-order valence-electron chi connectivity index (χ4n) is 3.71. The maximum atomic E-state index is 13.0. The smallest absolute Gasteiger partial charge is 0.265 e. The van der Waals surface area contributed by atoms with Crippen molar-refractivity contribution in [3.8, 4) is 23.0 Å². The predicted molar refractivity (Wildman–Crippen MR) is 102 cm³/mol. The highest BCUT2D eigenvalue weighted by Crippen LogP contribution is 2.39. The number of fused-ring (bicyclic) bond motifs is 1. The highest BCUT2D eigenvalue weighted by atomic mass is 16.7. The normalized spacial score (nSPS) is 21.2. The maximum absolute atomic E-state index is 13.0. The molecule has 2 atom stereocenters. The minimum Gasteiger partial charge on any atom is -0.457 e. The lowest BCUT2D eigenvalue weighted by atomic mass is 9.81. The fourth-order valence-corrected chi connectivity index (χ4v) is 3.71. The molecule has 0 spiro atoms. The van der Waals surface area contributed by atoms with Crippen molar-refractivity contribution in [2.45, 2.75) is 31.7 Å². The zero-order valence-corrected chi connectivity index (χ0v) is 16.2. The molecular weight excluding hydrogens is 376 g/mol. The van der Waals surface area contributed by atoms with Gasteiger partial charge in [0.1, 0.15) is 17.5 Å². The molecule has 0 aliphatic carbocycles. The van der Waals surface area contributed by atoms with Crippen molar-refractivity contribution < 1.29 is 29.0 Å². The van der Waals surface area contributed by atoms with Gasteiger partial charge in [0, 0.05) is 12.6 Å². The fraction of sp³-hybridized carbons (Fsp3) is 0.333. The van der Waals surface area contributed by atoms with Crippen LogP contribution in [0, 0.1) is 0 Å². The van der Waals surface area contributed by atoms with Gasteiger partial charge in [-0.3, -0.25) is 14.8 Å². The van der Waals surface area contributed by atoms with Gasteiger partial charge in [0.15, 0.2) is 11.5 Å². The molecular formula is C21H22N2O6. The number of nitrogens with zero attached hydrogens (tertiary/aromatic N) is 1. The Labute approximate surface area is 167 Å². The van der Waals surface area contributed by atoms with Crippen molar-refractivity contribution in [2.75, 3.05) is 13.3 Å². The first kappa shape index (κ1) is 19.1. The van der Waals surface area contributed by atoms with Crippen LogP contribution in [0.25, 0.3) is 0 Å². The van der Waals surface area contributed by atoms with Gasteiger partial charge in [-0.1, -0.05) is 12.1 Å². The molecule has 2 aliphatic heterocycles. The molecule has 2 aromatic rings. The topological polar surface area (TPSA) is 97.3 Å². The number of carbonyl (C=O) groups excluding carboxylic acids is 2. The van der Waals surface area contributed by atoms with Crippen LogP contribution in [-0.4, -0.2) is 41.3 Å². The number of ether oxygens (including phenoxy) is 3. The number of nitrogens with one attached hydrogen (secondary N) is 1. The molecule has 1 fully saturated rings. The first-order chi connectivity index (χ1) is 13.9. The molecule has 2 amide bonds. The number of rotatable bonds is 5. The molecule has 0 radical (unpaired) electrons. The monoisotopic (exact) mass is 398 g/mol. The number of amides is 2. The van der Waals surface area contributed by atoms with E-state index in [0.717, 1.165) is 5.56 Å². The van der Waals surface area contributed by atoms with Crippen LogP contribution in [-0.2, 0) is 15.0 Å². The van der Waals surface area contributed by atoms with E-state index in [2.05, 4.69) is 0 Å². The Kier molecular flexibility index (Phi) is 4.79. The average molecular weight is 398 g/mol. The molecule has 4 rings (SSSR count). The minimum atomic E-state index is -0.735. The summed E-state index contributed by atoms with van der Waals surface area (Å²) in [6, 6.07) is 12.0. The third-order valence-corrected chi connectivity index (χ3v) is 5.61. The Hall–Kier alpha value is -3.26. The van der Waals surface area contributed by atoms with Gasteiger partial charge < -0.3 is 19.1 Å². The van der Waals surface area contributed by atoms with Crippen LogP contribution in [0.1, 0.15) is 25.8 Å². The number of likely N-dealkylation sites (tertiary alicyclic amines) is 1. The Morgan fingerprint density at radius 3 is 2.59 bits per heavy atom. The van der Waals surface area contributed by atoms with Crippen LogP contribution in [0.15, 0.2) is 42.5 Å². The minimum absolute atomic E-state index is 0.141. The van der Waals surface area contributed by atoms with E-state index >= 15 is 0 Å². The van der Waals surface area contributed by atoms with Gasteiger partial charge >= 0.3 is 0 Å². The summed E-state index contributed by atoms with van der Waals surface area (Å²) in [5.74, 6) is 1.85. The molecule has 0 aromatic heterocycles. The van der Waals surface area contributed by atoms with Crippen LogP contribution in [0.4, 0.5) is 0 Å². The van der Waals surface area contributed by atoms with Crippen molar-refractivity contribution in [2.24, 2.45) is 0 Å². The largest absolute Gasteiger partial charge is 0.457 e. The first-order valence-corrected chi connectivity index (χ1v) is 9.35. The van der Waals surface area contributed by atoms with Crippen molar-refractivity contribution >= 4 is 11.8 Å². The Balaban J connectivity index is 1.49. The summed E-state index contributed by atoms with van der Waals surface area (Å²) in [5.41, 5.74) is 1.72. The van der Waals surface area contributed by atoms with Crippen molar-refractivity contribution in [1.29, 1.82) is 0 Å². The highest BCUT2D eigenvalue weighted by Gasteiger charge is 2.46. The van der Waals surface area contributed by atoms with E-state index in [1.54, 1.807) is 30.6 Å². The zero-order valence-electron chi connectivity index (χ0n) is 16.2. The standard InChI is InChI=1S/C21H22N2O6/c1-13(19(24)22-26)23-10-9-21(2,20(23)25)14-3-5-15(6-4-14)29-16-7-8-17-18(11-16)28-12-27-17/h3-8,11,13,26H,9-10,12H2,1-2H3,(H,22,24). The number of hydrogen-bond donors (Lipinski definition) is 2. The summed E-state index contributed by atoms with van der Waals surface area (Å²) < 4.78 is 16.5. The molecule has 1 saturated heterocycles. The quantitative estimate of drug-likeness (QED) is 0.594. The summed E-state index contributed by atoms with van der Waals surface area (Å²) in [6.45, 7) is 4.11. The average Bonchev–Trinajstić information content (AvgIpc) is 3.32. The number of carbonyl (C=O) groups is 2. The molecule has 8 nitrogen and oxygen atoms in total. The molecule has 8 heteroatoms. The predicted octanol–water partition coefficient (Wildman–Crippen LogP) is 2.59. The highest BCUT2D eigenvalue weighted by molar-refractivity contribution is 5.94. The molecule has 2 heterocycles. The van der Waals surface area contributed by atoms with Gasteiger partial charge in [-0.2, -0.15) is 0 Å². The molecule has 2 aliphatic rings. The SMILES string of the molecule is CC(C(=O)NO)N1CCC(C)(c2ccc(Oc3ccc4c(c3)OCO4)cc2)C1=O. The van der Waals surface area contributed by atoms with E-state index in [0.29, 0.717) is 36.0 Å².